The Bertz CT molecular complexity index is 352. The number of aromatic nitrogens is 3. The van der Waals surface area contributed by atoms with E-state index in [2.05, 4.69) is 59.6 Å². The Labute approximate surface area is 113 Å². The van der Waals surface area contributed by atoms with Gasteiger partial charge in [-0.25, -0.2) is 15.0 Å². The normalized spacial score (nSPS) is 12.6. The molecule has 1 aromatic rings. The van der Waals surface area contributed by atoms with E-state index in [1.165, 1.54) is 18.1 Å². The molecule has 0 aliphatic heterocycles. The summed E-state index contributed by atoms with van der Waals surface area (Å²) in [4.78, 5) is 12.8. The van der Waals surface area contributed by atoms with Crippen molar-refractivity contribution in [3.8, 4) is 0 Å². The van der Waals surface area contributed by atoms with Gasteiger partial charge in [0.05, 0.1) is 0 Å². The van der Waals surface area contributed by atoms with E-state index in [1.54, 1.807) is 12.7 Å². The molecule has 0 unspecified atom stereocenters. The van der Waals surface area contributed by atoms with E-state index < -0.39 is 16.5 Å². The van der Waals surface area contributed by atoms with Crippen molar-refractivity contribution in [3.63, 3.8) is 0 Å². The summed E-state index contributed by atoms with van der Waals surface area (Å²) in [7, 11) is -2.96. The highest BCUT2D eigenvalue weighted by molar-refractivity contribution is 7.00. The van der Waals surface area contributed by atoms with E-state index >= 15 is 0 Å². The second-order valence-electron chi connectivity index (χ2n) is 5.73. The quantitative estimate of drug-likeness (QED) is 0.749. The Hall–Kier alpha value is -0.756. The summed E-state index contributed by atoms with van der Waals surface area (Å²) in [5, 5.41) is 0. The first-order chi connectivity index (χ1) is 8.41. The van der Waals surface area contributed by atoms with Crippen molar-refractivity contribution in [3.05, 3.63) is 12.7 Å². The fraction of sp³-hybridized carbons (Fsp3) is 0.750. The molecule has 4 nitrogen and oxygen atoms in total. The first-order valence-corrected chi connectivity index (χ1v) is 12.8. The minimum atomic E-state index is -1.48. The van der Waals surface area contributed by atoms with Gasteiger partial charge in [0.1, 0.15) is 29.1 Å². The van der Waals surface area contributed by atoms with Crippen LogP contribution in [0.2, 0.25) is 37.8 Å². The van der Waals surface area contributed by atoms with Crippen molar-refractivity contribution in [2.24, 2.45) is 0 Å². The summed E-state index contributed by atoms with van der Waals surface area (Å²) >= 11 is 0. The van der Waals surface area contributed by atoms with E-state index in [0.29, 0.717) is 0 Å². The summed E-state index contributed by atoms with van der Waals surface area (Å²) in [6.45, 7) is 14.1. The largest absolute Gasteiger partial charge is 0.393 e. The second-order valence-corrected chi connectivity index (χ2v) is 16.0. The van der Waals surface area contributed by atoms with Crippen LogP contribution in [-0.4, -0.2) is 31.4 Å². The molecular formula is C12H26N4Si2. The molecule has 0 saturated carbocycles. The van der Waals surface area contributed by atoms with Gasteiger partial charge in [-0.15, -0.1) is 0 Å². The van der Waals surface area contributed by atoms with Crippen LogP contribution in [0.3, 0.4) is 0 Å². The predicted molar refractivity (Wildman–Crippen MR) is 82.8 cm³/mol. The summed E-state index contributed by atoms with van der Waals surface area (Å²) in [6, 6.07) is 3.78. The van der Waals surface area contributed by atoms with Crippen molar-refractivity contribution >= 4 is 22.4 Å². The molecule has 0 aromatic carbocycles. The van der Waals surface area contributed by atoms with E-state index in [4.69, 9.17) is 0 Å². The predicted octanol–water partition coefficient (Wildman–Crippen LogP) is 3.52. The molecule has 0 atom stereocenters. The molecule has 18 heavy (non-hydrogen) atoms. The van der Waals surface area contributed by atoms with Crippen LogP contribution in [0.1, 0.15) is 20.8 Å². The molecule has 1 rings (SSSR count). The van der Waals surface area contributed by atoms with Gasteiger partial charge >= 0.3 is 0 Å². The third-order valence-electron chi connectivity index (χ3n) is 3.80. The smallest absolute Gasteiger partial charge is 0.211 e. The maximum absolute atomic E-state index is 4.43. The van der Waals surface area contributed by atoms with Gasteiger partial charge in [0.15, 0.2) is 0 Å². The molecular weight excluding hydrogens is 256 g/mol. The van der Waals surface area contributed by atoms with Crippen LogP contribution in [0.4, 0.5) is 5.95 Å². The zero-order valence-corrected chi connectivity index (χ0v) is 14.6. The number of hydrogen-bond acceptors (Lipinski definition) is 4. The SMILES string of the molecule is CC[Si](CC)(CC)N(c1ncncn1)[Si](C)(C)C. The molecule has 0 bridgehead atoms. The van der Waals surface area contributed by atoms with Gasteiger partial charge in [-0.05, 0) is 18.1 Å². The summed E-state index contributed by atoms with van der Waals surface area (Å²) in [5.41, 5.74) is 0. The molecule has 0 N–H and O–H groups in total. The topological polar surface area (TPSA) is 41.9 Å². The average Bonchev–Trinajstić information content (AvgIpc) is 2.35. The third-order valence-corrected chi connectivity index (χ3v) is 13.9. The fourth-order valence-corrected chi connectivity index (χ4v) is 13.6. The lowest BCUT2D eigenvalue weighted by atomic mass is 10.9. The molecule has 0 amide bonds. The molecule has 1 aromatic heterocycles. The van der Waals surface area contributed by atoms with Gasteiger partial charge in [0.2, 0.25) is 5.95 Å². The lowest BCUT2D eigenvalue weighted by Crippen LogP contribution is -2.64. The monoisotopic (exact) mass is 282 g/mol. The third kappa shape index (κ3) is 2.97. The maximum atomic E-state index is 4.43. The van der Waals surface area contributed by atoms with E-state index in [0.717, 1.165) is 5.95 Å². The van der Waals surface area contributed by atoms with Gasteiger partial charge in [-0.3, -0.25) is 0 Å². The molecule has 6 heteroatoms. The molecule has 0 spiro atoms. The Morgan fingerprint density at radius 1 is 0.944 bits per heavy atom. The van der Waals surface area contributed by atoms with Crippen molar-refractivity contribution in [1.82, 2.24) is 15.0 Å². The highest BCUT2D eigenvalue weighted by Crippen LogP contribution is 2.32. The van der Waals surface area contributed by atoms with Crippen LogP contribution in [-0.2, 0) is 0 Å². The Balaban J connectivity index is 3.30. The molecule has 0 aliphatic carbocycles. The van der Waals surface area contributed by atoms with E-state index in [9.17, 15) is 0 Å². The second kappa shape index (κ2) is 5.92. The fourth-order valence-electron chi connectivity index (χ4n) is 2.80. The minimum absolute atomic E-state index is 0.904. The first kappa shape index (κ1) is 15.3. The van der Waals surface area contributed by atoms with Gasteiger partial charge in [-0.1, -0.05) is 40.4 Å². The molecule has 0 fully saturated rings. The van der Waals surface area contributed by atoms with Crippen LogP contribution < -0.4 is 4.23 Å². The van der Waals surface area contributed by atoms with Crippen molar-refractivity contribution in [1.29, 1.82) is 0 Å². The molecule has 0 aliphatic rings. The van der Waals surface area contributed by atoms with Crippen molar-refractivity contribution < 1.29 is 0 Å². The lowest BCUT2D eigenvalue weighted by Gasteiger charge is -2.48. The zero-order valence-electron chi connectivity index (χ0n) is 12.6. The number of anilines is 1. The Kier molecular flexibility index (Phi) is 5.04. The van der Waals surface area contributed by atoms with Crippen molar-refractivity contribution in [2.45, 2.75) is 58.5 Å². The standard InChI is InChI=1S/C12H26N4Si2/c1-7-18(8-2,9-3)16(17(4,5)6)12-14-10-13-11-15-12/h10-11H,7-9H2,1-6H3. The summed E-state index contributed by atoms with van der Waals surface area (Å²) in [6.07, 6.45) is 3.24. The van der Waals surface area contributed by atoms with E-state index in [1.807, 2.05) is 0 Å². The highest BCUT2D eigenvalue weighted by Gasteiger charge is 2.42. The highest BCUT2D eigenvalue weighted by atomic mass is 28.4. The summed E-state index contributed by atoms with van der Waals surface area (Å²) < 4.78 is 2.64. The molecule has 0 saturated heterocycles. The Morgan fingerprint density at radius 2 is 1.39 bits per heavy atom. The van der Waals surface area contributed by atoms with Gasteiger partial charge < -0.3 is 4.23 Å². The first-order valence-electron chi connectivity index (χ1n) is 6.83. The minimum Gasteiger partial charge on any atom is -0.393 e. The zero-order chi connectivity index (χ0) is 13.8. The summed E-state index contributed by atoms with van der Waals surface area (Å²) in [5.74, 6) is 0.904. The van der Waals surface area contributed by atoms with Gasteiger partial charge in [0.25, 0.3) is 0 Å². The van der Waals surface area contributed by atoms with E-state index in [-0.39, 0.29) is 0 Å². The molecule has 0 radical (unpaired) electrons. The Morgan fingerprint density at radius 3 is 1.72 bits per heavy atom. The van der Waals surface area contributed by atoms with Gasteiger partial charge in [0, 0.05) is 0 Å². The maximum Gasteiger partial charge on any atom is 0.211 e. The van der Waals surface area contributed by atoms with Crippen LogP contribution >= 0.6 is 0 Å². The van der Waals surface area contributed by atoms with Crippen LogP contribution in [0, 0.1) is 0 Å². The number of nitrogens with zero attached hydrogens (tertiary/aromatic N) is 4. The average molecular weight is 283 g/mol. The van der Waals surface area contributed by atoms with Gasteiger partial charge in [-0.2, -0.15) is 0 Å². The number of rotatable bonds is 6. The lowest BCUT2D eigenvalue weighted by molar-refractivity contribution is 1.00. The van der Waals surface area contributed by atoms with Crippen molar-refractivity contribution in [2.75, 3.05) is 4.23 Å². The molecule has 102 valence electrons. The molecule has 1 heterocycles. The number of hydrogen-bond donors (Lipinski definition) is 0. The van der Waals surface area contributed by atoms with Crippen LogP contribution in [0.5, 0.6) is 0 Å². The van der Waals surface area contributed by atoms with Crippen LogP contribution in [0.25, 0.3) is 0 Å². The van der Waals surface area contributed by atoms with Crippen LogP contribution in [0.15, 0.2) is 12.7 Å².